The number of anilines is 1. The zero-order valence-electron chi connectivity index (χ0n) is 14.3. The van der Waals surface area contributed by atoms with Gasteiger partial charge in [-0.05, 0) is 44.4 Å². The molecule has 26 heavy (non-hydrogen) atoms. The van der Waals surface area contributed by atoms with Gasteiger partial charge in [0, 0.05) is 29.4 Å². The van der Waals surface area contributed by atoms with Gasteiger partial charge < -0.3 is 5.32 Å². The fourth-order valence-corrected chi connectivity index (χ4v) is 3.08. The molecule has 1 fully saturated rings. The van der Waals surface area contributed by atoms with Crippen LogP contribution in [0.4, 0.5) is 19.0 Å². The monoisotopic (exact) mass is 362 g/mol. The molecule has 1 saturated carbocycles. The van der Waals surface area contributed by atoms with Crippen LogP contribution in [0.15, 0.2) is 24.4 Å². The molecule has 0 unspecified atom stereocenters. The second kappa shape index (κ2) is 5.65. The minimum atomic E-state index is -4.61. The van der Waals surface area contributed by atoms with Gasteiger partial charge in [-0.25, -0.2) is 0 Å². The normalized spacial score (nSPS) is 16.0. The summed E-state index contributed by atoms with van der Waals surface area (Å²) < 4.78 is 40.2. The van der Waals surface area contributed by atoms with Crippen LogP contribution >= 0.6 is 0 Å². The van der Waals surface area contributed by atoms with E-state index in [4.69, 9.17) is 0 Å². The van der Waals surface area contributed by atoms with E-state index in [9.17, 15) is 13.2 Å². The third-order valence-corrected chi connectivity index (χ3v) is 5.00. The zero-order valence-corrected chi connectivity index (χ0v) is 14.3. The summed E-state index contributed by atoms with van der Waals surface area (Å²) in [6, 6.07) is 5.78. The van der Waals surface area contributed by atoms with Gasteiger partial charge in [-0.3, -0.25) is 4.98 Å². The fraction of sp³-hybridized carbons (Fsp3) is 0.412. The number of aromatic nitrogens is 5. The van der Waals surface area contributed by atoms with Gasteiger partial charge in [0.25, 0.3) is 5.82 Å². The maximum atomic E-state index is 13.1. The van der Waals surface area contributed by atoms with Crippen molar-refractivity contribution in [2.75, 3.05) is 11.9 Å². The quantitative estimate of drug-likeness (QED) is 0.771. The molecule has 0 spiro atoms. The van der Waals surface area contributed by atoms with Crippen molar-refractivity contribution in [2.45, 2.75) is 38.3 Å². The number of fused-ring (bicyclic) bond motifs is 1. The molecule has 9 heteroatoms. The number of aryl methyl sites for hydroxylation is 1. The molecule has 6 nitrogen and oxygen atoms in total. The zero-order chi connectivity index (χ0) is 18.5. The molecule has 3 heterocycles. The molecule has 1 aliphatic carbocycles. The molecule has 4 rings (SSSR count). The Morgan fingerprint density at radius 3 is 2.54 bits per heavy atom. The number of pyridine rings is 1. The molecule has 1 N–H and O–H groups in total. The lowest BCUT2D eigenvalue weighted by molar-refractivity contribution is -0.146. The highest BCUT2D eigenvalue weighted by atomic mass is 19.4. The van der Waals surface area contributed by atoms with Crippen LogP contribution in [0.2, 0.25) is 0 Å². The smallest absolute Gasteiger partial charge is 0.367 e. The topological polar surface area (TPSA) is 68.0 Å². The van der Waals surface area contributed by atoms with E-state index in [-0.39, 0.29) is 11.1 Å². The Bertz CT molecular complexity index is 960. The van der Waals surface area contributed by atoms with Crippen LogP contribution in [0.3, 0.4) is 0 Å². The third kappa shape index (κ3) is 2.67. The Morgan fingerprint density at radius 1 is 1.15 bits per heavy atom. The standard InChI is InChI=1S/C17H17F3N6/c1-10-11(2)14-23-24-15(17(18,19)20)26(14)25-13(10)22-9-16(6-7-16)12-5-3-4-8-21-12/h3-5,8H,6-7,9H2,1-2H3,(H,22,25). The highest BCUT2D eigenvalue weighted by Crippen LogP contribution is 2.47. The molecule has 136 valence electrons. The Morgan fingerprint density at radius 2 is 1.92 bits per heavy atom. The van der Waals surface area contributed by atoms with Gasteiger partial charge in [0.1, 0.15) is 5.82 Å². The molecule has 0 aliphatic heterocycles. The van der Waals surface area contributed by atoms with Gasteiger partial charge in [-0.1, -0.05) is 6.07 Å². The Kier molecular flexibility index (Phi) is 3.64. The molecule has 1 aliphatic rings. The number of hydrogen-bond donors (Lipinski definition) is 1. The van der Waals surface area contributed by atoms with Crippen LogP contribution in [-0.4, -0.2) is 31.3 Å². The van der Waals surface area contributed by atoms with Crippen molar-refractivity contribution in [3.63, 3.8) is 0 Å². The maximum absolute atomic E-state index is 13.1. The minimum absolute atomic E-state index is 0.0850. The second-order valence-electron chi connectivity index (χ2n) is 6.70. The SMILES string of the molecule is Cc1c(NCC2(c3ccccn3)CC2)nn2c(C(F)(F)F)nnc2c1C. The van der Waals surface area contributed by atoms with E-state index in [1.807, 2.05) is 25.1 Å². The molecule has 0 bridgehead atoms. The third-order valence-electron chi connectivity index (χ3n) is 5.00. The highest BCUT2D eigenvalue weighted by molar-refractivity contribution is 5.58. The Balaban J connectivity index is 1.68. The average Bonchev–Trinajstić information content (AvgIpc) is 3.28. The average molecular weight is 362 g/mol. The first kappa shape index (κ1) is 16.7. The van der Waals surface area contributed by atoms with Gasteiger partial charge in [0.15, 0.2) is 5.65 Å². The molecular formula is C17H17F3N6. The van der Waals surface area contributed by atoms with E-state index in [0.29, 0.717) is 17.9 Å². The fourth-order valence-electron chi connectivity index (χ4n) is 3.08. The van der Waals surface area contributed by atoms with E-state index in [0.717, 1.165) is 28.6 Å². The number of nitrogens with one attached hydrogen (secondary N) is 1. The summed E-state index contributed by atoms with van der Waals surface area (Å²) in [5.74, 6) is -0.716. The van der Waals surface area contributed by atoms with Gasteiger partial charge >= 0.3 is 6.18 Å². The summed E-state index contributed by atoms with van der Waals surface area (Å²) in [4.78, 5) is 4.42. The summed E-state index contributed by atoms with van der Waals surface area (Å²) in [7, 11) is 0. The van der Waals surface area contributed by atoms with Gasteiger partial charge in [0.05, 0.1) is 0 Å². The summed E-state index contributed by atoms with van der Waals surface area (Å²) in [6.07, 6.45) is -0.894. The summed E-state index contributed by atoms with van der Waals surface area (Å²) in [5, 5.41) is 14.3. The summed E-state index contributed by atoms with van der Waals surface area (Å²) >= 11 is 0. The largest absolute Gasteiger partial charge is 0.453 e. The molecule has 0 amide bonds. The first-order chi connectivity index (χ1) is 12.3. The molecule has 0 atom stereocenters. The lowest BCUT2D eigenvalue weighted by atomic mass is 10.0. The molecule has 0 aromatic carbocycles. The number of halogens is 3. The number of rotatable bonds is 4. The Hall–Kier alpha value is -2.71. The van der Waals surface area contributed by atoms with Crippen molar-refractivity contribution >= 4 is 11.5 Å². The Labute approximate surface area is 147 Å². The van der Waals surface area contributed by atoms with Crippen molar-refractivity contribution in [3.8, 4) is 0 Å². The second-order valence-corrected chi connectivity index (χ2v) is 6.70. The molecule has 3 aromatic heterocycles. The van der Waals surface area contributed by atoms with E-state index in [2.05, 4.69) is 25.6 Å². The molecule has 3 aromatic rings. The van der Waals surface area contributed by atoms with E-state index >= 15 is 0 Å². The summed E-state index contributed by atoms with van der Waals surface area (Å²) in [5.41, 5.74) is 2.40. The van der Waals surface area contributed by atoms with Gasteiger partial charge in [-0.15, -0.1) is 15.3 Å². The summed E-state index contributed by atoms with van der Waals surface area (Å²) in [6.45, 7) is 4.09. The first-order valence-corrected chi connectivity index (χ1v) is 8.27. The van der Waals surface area contributed by atoms with Gasteiger partial charge in [-0.2, -0.15) is 17.7 Å². The van der Waals surface area contributed by atoms with Gasteiger partial charge in [0.2, 0.25) is 0 Å². The highest BCUT2D eigenvalue weighted by Gasteiger charge is 2.45. The van der Waals surface area contributed by atoms with Crippen LogP contribution in [0.1, 0.15) is 35.5 Å². The first-order valence-electron chi connectivity index (χ1n) is 8.27. The van der Waals surface area contributed by atoms with Crippen LogP contribution in [0.25, 0.3) is 5.65 Å². The van der Waals surface area contributed by atoms with E-state index < -0.39 is 12.0 Å². The van der Waals surface area contributed by atoms with Crippen molar-refractivity contribution < 1.29 is 13.2 Å². The molecule has 0 saturated heterocycles. The van der Waals surface area contributed by atoms with Crippen molar-refractivity contribution in [1.82, 2.24) is 24.8 Å². The van der Waals surface area contributed by atoms with E-state index in [1.165, 1.54) is 0 Å². The van der Waals surface area contributed by atoms with Crippen LogP contribution < -0.4 is 5.32 Å². The lowest BCUT2D eigenvalue weighted by Gasteiger charge is -2.18. The maximum Gasteiger partial charge on any atom is 0.453 e. The molecular weight excluding hydrogens is 345 g/mol. The van der Waals surface area contributed by atoms with Crippen molar-refractivity contribution in [2.24, 2.45) is 0 Å². The predicted octanol–water partition coefficient (Wildman–Crippen LogP) is 3.30. The van der Waals surface area contributed by atoms with Crippen LogP contribution in [0.5, 0.6) is 0 Å². The minimum Gasteiger partial charge on any atom is -0.367 e. The number of hydrogen-bond acceptors (Lipinski definition) is 5. The van der Waals surface area contributed by atoms with Crippen molar-refractivity contribution in [3.05, 3.63) is 47.0 Å². The van der Waals surface area contributed by atoms with Crippen LogP contribution in [-0.2, 0) is 11.6 Å². The van der Waals surface area contributed by atoms with E-state index in [1.54, 1.807) is 13.1 Å². The predicted molar refractivity (Wildman–Crippen MR) is 88.9 cm³/mol. The molecule has 0 radical (unpaired) electrons. The van der Waals surface area contributed by atoms with Crippen molar-refractivity contribution in [1.29, 1.82) is 0 Å². The van der Waals surface area contributed by atoms with Crippen LogP contribution in [0, 0.1) is 13.8 Å². The lowest BCUT2D eigenvalue weighted by Crippen LogP contribution is -2.23. The number of nitrogens with zero attached hydrogens (tertiary/aromatic N) is 5. The number of alkyl halides is 3.